The van der Waals surface area contributed by atoms with E-state index in [2.05, 4.69) is 0 Å². The minimum absolute atomic E-state index is 0.0344. The minimum atomic E-state index is -4.16. The quantitative estimate of drug-likeness (QED) is 0.281. The molecule has 0 aromatic heterocycles. The van der Waals surface area contributed by atoms with Crippen LogP contribution in [0.4, 0.5) is 0 Å². The molecule has 25 heavy (non-hydrogen) atoms. The summed E-state index contributed by atoms with van der Waals surface area (Å²) in [5, 5.41) is 0. The fourth-order valence-electron chi connectivity index (χ4n) is 1.21. The van der Waals surface area contributed by atoms with Gasteiger partial charge in [-0.25, -0.2) is 9.13 Å². The molecular weight excluding hydrogens is 366 g/mol. The van der Waals surface area contributed by atoms with Crippen LogP contribution in [0.3, 0.4) is 0 Å². The van der Waals surface area contributed by atoms with Gasteiger partial charge in [0.05, 0.1) is 26.4 Å². The van der Waals surface area contributed by atoms with E-state index in [4.69, 9.17) is 22.4 Å². The molecular formula is C16H28O7P2. The minimum Gasteiger partial charge on any atom is -0.282 e. The molecule has 0 radical (unpaired) electrons. The Labute approximate surface area is 150 Å². The summed E-state index contributed by atoms with van der Waals surface area (Å²) in [7, 11) is -8.32. The third-order valence-electron chi connectivity index (χ3n) is 2.46. The molecule has 0 fully saturated rings. The summed E-state index contributed by atoms with van der Waals surface area (Å²) in [6.07, 6.45) is 13.3. The van der Waals surface area contributed by atoms with E-state index in [1.54, 1.807) is 76.3 Å². The maximum Gasteiger partial charge on any atom is 0.484 e. The van der Waals surface area contributed by atoms with E-state index in [0.29, 0.717) is 0 Å². The Bertz CT molecular complexity index is 465. The van der Waals surface area contributed by atoms with Gasteiger partial charge in [0.15, 0.2) is 0 Å². The topological polar surface area (TPSA) is 80.3 Å². The molecule has 0 amide bonds. The SMILES string of the molecule is C/C=C/COP(=O)(OC/C=C/C)OP(=O)(OC/C=C/C)OC/C=C/C. The van der Waals surface area contributed by atoms with Crippen molar-refractivity contribution in [2.45, 2.75) is 27.7 Å². The first kappa shape index (κ1) is 24.2. The third-order valence-corrected chi connectivity index (χ3v) is 5.92. The Hall–Kier alpha value is -0.780. The lowest BCUT2D eigenvalue weighted by Crippen LogP contribution is -2.05. The Morgan fingerprint density at radius 2 is 0.800 bits per heavy atom. The highest BCUT2D eigenvalue weighted by molar-refractivity contribution is 7.62. The number of rotatable bonds is 14. The highest BCUT2D eigenvalue weighted by Gasteiger charge is 2.40. The lowest BCUT2D eigenvalue weighted by atomic mass is 10.6. The van der Waals surface area contributed by atoms with Gasteiger partial charge in [-0.05, 0) is 27.7 Å². The van der Waals surface area contributed by atoms with Crippen LogP contribution in [0.15, 0.2) is 48.6 Å². The largest absolute Gasteiger partial charge is 0.484 e. The normalized spacial score (nSPS) is 13.9. The highest BCUT2D eigenvalue weighted by Crippen LogP contribution is 2.66. The van der Waals surface area contributed by atoms with Crippen molar-refractivity contribution in [1.29, 1.82) is 0 Å². The molecule has 9 heteroatoms. The molecule has 0 saturated carbocycles. The first-order valence-corrected chi connectivity index (χ1v) is 10.8. The van der Waals surface area contributed by atoms with Crippen LogP contribution in [0.1, 0.15) is 27.7 Å². The van der Waals surface area contributed by atoms with E-state index in [-0.39, 0.29) is 26.4 Å². The molecule has 144 valence electrons. The van der Waals surface area contributed by atoms with Crippen LogP contribution in [0.5, 0.6) is 0 Å². The molecule has 0 aromatic rings. The van der Waals surface area contributed by atoms with Gasteiger partial charge >= 0.3 is 15.6 Å². The molecule has 0 saturated heterocycles. The molecule has 0 spiro atoms. The average Bonchev–Trinajstić information content (AvgIpc) is 2.56. The third kappa shape index (κ3) is 12.2. The summed E-state index contributed by atoms with van der Waals surface area (Å²) in [5.74, 6) is 0. The number of hydrogen-bond acceptors (Lipinski definition) is 7. The zero-order chi connectivity index (χ0) is 19.0. The van der Waals surface area contributed by atoms with E-state index in [9.17, 15) is 9.13 Å². The zero-order valence-electron chi connectivity index (χ0n) is 15.2. The molecule has 0 rings (SSSR count). The van der Waals surface area contributed by atoms with E-state index in [1.807, 2.05) is 0 Å². The van der Waals surface area contributed by atoms with Crippen molar-refractivity contribution in [2.24, 2.45) is 0 Å². The lowest BCUT2D eigenvalue weighted by molar-refractivity contribution is 0.131. The van der Waals surface area contributed by atoms with Crippen molar-refractivity contribution in [2.75, 3.05) is 26.4 Å². The van der Waals surface area contributed by atoms with E-state index in [0.717, 1.165) is 0 Å². The fourth-order valence-corrected chi connectivity index (χ4v) is 4.17. The van der Waals surface area contributed by atoms with Crippen LogP contribution in [0.2, 0.25) is 0 Å². The van der Waals surface area contributed by atoms with Crippen LogP contribution in [-0.4, -0.2) is 26.4 Å². The Balaban J connectivity index is 5.22. The van der Waals surface area contributed by atoms with Gasteiger partial charge < -0.3 is 0 Å². The molecule has 0 aromatic carbocycles. The summed E-state index contributed by atoms with van der Waals surface area (Å²) >= 11 is 0. The summed E-state index contributed by atoms with van der Waals surface area (Å²) in [6, 6.07) is 0. The van der Waals surface area contributed by atoms with Crippen LogP contribution >= 0.6 is 15.6 Å². The molecule has 7 nitrogen and oxygen atoms in total. The molecule has 0 aliphatic carbocycles. The number of hydrogen-bond donors (Lipinski definition) is 0. The van der Waals surface area contributed by atoms with Gasteiger partial charge in [-0.15, -0.1) is 0 Å². The van der Waals surface area contributed by atoms with Crippen molar-refractivity contribution in [3.05, 3.63) is 48.6 Å². The molecule has 0 aliphatic rings. The van der Waals surface area contributed by atoms with Crippen LogP contribution in [0.25, 0.3) is 0 Å². The van der Waals surface area contributed by atoms with E-state index in [1.165, 1.54) is 0 Å². The molecule has 0 atom stereocenters. The van der Waals surface area contributed by atoms with Crippen molar-refractivity contribution in [3.63, 3.8) is 0 Å². The van der Waals surface area contributed by atoms with Crippen molar-refractivity contribution >= 4 is 15.6 Å². The lowest BCUT2D eigenvalue weighted by Gasteiger charge is -2.22. The smallest absolute Gasteiger partial charge is 0.282 e. The molecule has 0 unspecified atom stereocenters. The zero-order valence-corrected chi connectivity index (χ0v) is 17.0. The summed E-state index contributed by atoms with van der Waals surface area (Å²) < 4.78 is 51.2. The van der Waals surface area contributed by atoms with Crippen LogP contribution in [0, 0.1) is 0 Å². The first-order valence-electron chi connectivity index (χ1n) is 7.89. The summed E-state index contributed by atoms with van der Waals surface area (Å²) in [5.41, 5.74) is 0. The van der Waals surface area contributed by atoms with Gasteiger partial charge in [-0.1, -0.05) is 48.6 Å². The Morgan fingerprint density at radius 1 is 0.560 bits per heavy atom. The predicted molar refractivity (Wildman–Crippen MR) is 99.4 cm³/mol. The molecule has 0 N–H and O–H groups in total. The fraction of sp³-hybridized carbons (Fsp3) is 0.500. The van der Waals surface area contributed by atoms with Gasteiger partial charge in [0.2, 0.25) is 0 Å². The summed E-state index contributed by atoms with van der Waals surface area (Å²) in [4.78, 5) is 0. The maximum absolute atomic E-state index is 12.7. The maximum atomic E-state index is 12.7. The molecule has 0 aliphatic heterocycles. The average molecular weight is 394 g/mol. The summed E-state index contributed by atoms with van der Waals surface area (Å²) in [6.45, 7) is 6.98. The Kier molecular flexibility index (Phi) is 13.9. The van der Waals surface area contributed by atoms with Crippen LogP contribution in [-0.2, 0) is 31.5 Å². The van der Waals surface area contributed by atoms with Gasteiger partial charge in [0.25, 0.3) is 0 Å². The monoisotopic (exact) mass is 394 g/mol. The second kappa shape index (κ2) is 14.4. The van der Waals surface area contributed by atoms with Gasteiger partial charge in [0, 0.05) is 0 Å². The highest BCUT2D eigenvalue weighted by atomic mass is 31.3. The van der Waals surface area contributed by atoms with E-state index >= 15 is 0 Å². The van der Waals surface area contributed by atoms with Gasteiger partial charge in [-0.3, -0.25) is 18.1 Å². The predicted octanol–water partition coefficient (Wildman–Crippen LogP) is 5.59. The number of phosphoric ester groups is 2. The van der Waals surface area contributed by atoms with Crippen molar-refractivity contribution in [1.82, 2.24) is 0 Å². The standard InChI is InChI=1S/C16H28O7P2/c1-5-9-13-19-24(17,20-14-10-6-2)23-25(18,21-15-11-7-3)22-16-12-8-4/h5-12H,13-16H2,1-4H3/b9-5+,10-6+,11-7+,12-8+. The first-order chi connectivity index (χ1) is 11.9. The molecule has 0 heterocycles. The molecule has 0 bridgehead atoms. The van der Waals surface area contributed by atoms with E-state index < -0.39 is 15.6 Å². The van der Waals surface area contributed by atoms with Gasteiger partial charge in [0.1, 0.15) is 0 Å². The second-order valence-electron chi connectivity index (χ2n) is 4.44. The number of phosphoric acid groups is 2. The van der Waals surface area contributed by atoms with Crippen molar-refractivity contribution in [3.8, 4) is 0 Å². The number of allylic oxidation sites excluding steroid dienone is 4. The van der Waals surface area contributed by atoms with Gasteiger partial charge in [-0.2, -0.15) is 4.31 Å². The Morgan fingerprint density at radius 3 is 1.00 bits per heavy atom. The second-order valence-corrected chi connectivity index (χ2v) is 7.91. The van der Waals surface area contributed by atoms with Crippen molar-refractivity contribution < 1.29 is 31.5 Å². The van der Waals surface area contributed by atoms with Crippen LogP contribution < -0.4 is 0 Å².